The van der Waals surface area contributed by atoms with Gasteiger partial charge in [-0.1, -0.05) is 44.2 Å². The molecule has 28 heavy (non-hydrogen) atoms. The fourth-order valence-electron chi connectivity index (χ4n) is 3.41. The Balaban J connectivity index is 2.21. The third kappa shape index (κ3) is 3.93. The molecule has 0 unspecified atom stereocenters. The number of rotatable bonds is 6. The van der Waals surface area contributed by atoms with Gasteiger partial charge in [0.1, 0.15) is 0 Å². The quantitative estimate of drug-likeness (QED) is 0.593. The lowest BCUT2D eigenvalue weighted by atomic mass is 10.0. The van der Waals surface area contributed by atoms with Crippen molar-refractivity contribution in [1.29, 1.82) is 0 Å². The second-order valence-corrected chi connectivity index (χ2v) is 8.29. The van der Waals surface area contributed by atoms with Gasteiger partial charge in [0, 0.05) is 24.2 Å². The van der Waals surface area contributed by atoms with E-state index in [0.29, 0.717) is 11.5 Å². The van der Waals surface area contributed by atoms with E-state index >= 15 is 0 Å². The number of hydrogen-bond acceptors (Lipinski definition) is 3. The van der Waals surface area contributed by atoms with E-state index < -0.39 is 0 Å². The first-order chi connectivity index (χ1) is 13.3. The summed E-state index contributed by atoms with van der Waals surface area (Å²) in [6.45, 7) is 13.3. The van der Waals surface area contributed by atoms with Crippen LogP contribution in [0.25, 0.3) is 22.3 Å². The number of carbonyl (C=O) groups is 1. The Kier molecular flexibility index (Phi) is 5.82. The molecule has 2 heterocycles. The predicted octanol–water partition coefficient (Wildman–Crippen LogP) is 5.19. The fraction of sp³-hybridized carbons (Fsp3) is 0.435. The molecule has 0 radical (unpaired) electrons. The van der Waals surface area contributed by atoms with Gasteiger partial charge < -0.3 is 4.90 Å². The summed E-state index contributed by atoms with van der Waals surface area (Å²) in [5, 5.41) is 5.33. The highest BCUT2D eigenvalue weighted by molar-refractivity contribution is 6.06. The van der Waals surface area contributed by atoms with Crippen molar-refractivity contribution >= 4 is 16.9 Å². The zero-order chi connectivity index (χ0) is 20.4. The first kappa shape index (κ1) is 20.1. The van der Waals surface area contributed by atoms with Crippen molar-refractivity contribution in [2.24, 2.45) is 5.92 Å². The minimum Gasteiger partial charge on any atom is -0.336 e. The molecule has 0 fully saturated rings. The highest BCUT2D eigenvalue weighted by Crippen LogP contribution is 2.27. The molecule has 0 N–H and O–H groups in total. The average Bonchev–Trinajstić information content (AvgIpc) is 3.09. The Morgan fingerprint density at radius 3 is 2.32 bits per heavy atom. The van der Waals surface area contributed by atoms with Crippen molar-refractivity contribution in [2.75, 3.05) is 6.54 Å². The van der Waals surface area contributed by atoms with Gasteiger partial charge in [-0.2, -0.15) is 5.10 Å². The summed E-state index contributed by atoms with van der Waals surface area (Å²) < 4.78 is 1.89. The van der Waals surface area contributed by atoms with Crippen LogP contribution in [0, 0.1) is 5.92 Å². The molecule has 1 aromatic carbocycles. The van der Waals surface area contributed by atoms with E-state index in [1.807, 2.05) is 46.0 Å². The lowest BCUT2D eigenvalue weighted by Gasteiger charge is -2.29. The standard InChI is InChI=1S/C23H30N4O/c1-15(2)14-26(16(3)4)23(28)19-12-21(18-10-8-7-9-11-18)25-22-20(19)13-24-27(22)17(5)6/h7-13,15-17H,14H2,1-6H3. The van der Waals surface area contributed by atoms with Crippen LogP contribution in [-0.2, 0) is 0 Å². The molecule has 148 valence electrons. The number of carbonyl (C=O) groups excluding carboxylic acids is 1. The second-order valence-electron chi connectivity index (χ2n) is 8.29. The van der Waals surface area contributed by atoms with E-state index in [9.17, 15) is 4.79 Å². The molecule has 3 rings (SSSR count). The van der Waals surface area contributed by atoms with Gasteiger partial charge in [0.2, 0.25) is 0 Å². The summed E-state index contributed by atoms with van der Waals surface area (Å²) >= 11 is 0. The highest BCUT2D eigenvalue weighted by Gasteiger charge is 2.24. The Morgan fingerprint density at radius 1 is 1.07 bits per heavy atom. The van der Waals surface area contributed by atoms with E-state index in [2.05, 4.69) is 46.6 Å². The summed E-state index contributed by atoms with van der Waals surface area (Å²) in [7, 11) is 0. The Morgan fingerprint density at radius 2 is 1.75 bits per heavy atom. The number of benzene rings is 1. The zero-order valence-electron chi connectivity index (χ0n) is 17.7. The molecule has 3 aromatic rings. The first-order valence-corrected chi connectivity index (χ1v) is 10.0. The minimum absolute atomic E-state index is 0.0385. The molecule has 0 atom stereocenters. The zero-order valence-corrected chi connectivity index (χ0v) is 17.7. The van der Waals surface area contributed by atoms with Crippen LogP contribution in [0.2, 0.25) is 0 Å². The summed E-state index contributed by atoms with van der Waals surface area (Å²) in [6, 6.07) is 12.2. The minimum atomic E-state index is 0.0385. The maximum atomic E-state index is 13.6. The molecule has 0 saturated heterocycles. The smallest absolute Gasteiger partial charge is 0.254 e. The van der Waals surface area contributed by atoms with Gasteiger partial charge in [0.25, 0.3) is 5.91 Å². The number of aromatic nitrogens is 3. The van der Waals surface area contributed by atoms with Crippen molar-refractivity contribution in [1.82, 2.24) is 19.7 Å². The molecule has 0 bridgehead atoms. The van der Waals surface area contributed by atoms with Gasteiger partial charge in [0.05, 0.1) is 22.8 Å². The molecule has 5 heteroatoms. The van der Waals surface area contributed by atoms with E-state index in [1.165, 1.54) is 0 Å². The largest absolute Gasteiger partial charge is 0.336 e. The number of nitrogens with zero attached hydrogens (tertiary/aromatic N) is 4. The van der Waals surface area contributed by atoms with Crippen LogP contribution < -0.4 is 0 Å². The summed E-state index contributed by atoms with van der Waals surface area (Å²) in [4.78, 5) is 20.4. The van der Waals surface area contributed by atoms with Crippen molar-refractivity contribution in [3.8, 4) is 11.3 Å². The molecule has 1 amide bonds. The van der Waals surface area contributed by atoms with Crippen LogP contribution in [0.15, 0.2) is 42.6 Å². The van der Waals surface area contributed by atoms with E-state index in [1.54, 1.807) is 6.20 Å². The Labute approximate surface area is 167 Å². The third-order valence-corrected chi connectivity index (χ3v) is 4.80. The second kappa shape index (κ2) is 8.13. The maximum Gasteiger partial charge on any atom is 0.254 e. The maximum absolute atomic E-state index is 13.6. The van der Waals surface area contributed by atoms with Gasteiger partial charge in [-0.15, -0.1) is 0 Å². The highest BCUT2D eigenvalue weighted by atomic mass is 16.2. The number of hydrogen-bond donors (Lipinski definition) is 0. The molecule has 0 aliphatic heterocycles. The van der Waals surface area contributed by atoms with Crippen LogP contribution in [0.3, 0.4) is 0 Å². The fourth-order valence-corrected chi connectivity index (χ4v) is 3.41. The molecular weight excluding hydrogens is 348 g/mol. The Bertz CT molecular complexity index is 957. The lowest BCUT2D eigenvalue weighted by molar-refractivity contribution is 0.0684. The van der Waals surface area contributed by atoms with Crippen molar-refractivity contribution in [3.05, 3.63) is 48.2 Å². The third-order valence-electron chi connectivity index (χ3n) is 4.80. The van der Waals surface area contributed by atoms with Gasteiger partial charge in [-0.3, -0.25) is 4.79 Å². The van der Waals surface area contributed by atoms with Crippen molar-refractivity contribution in [3.63, 3.8) is 0 Å². The molecular formula is C23H30N4O. The van der Waals surface area contributed by atoms with Gasteiger partial charge >= 0.3 is 0 Å². The molecule has 0 aliphatic carbocycles. The molecule has 2 aromatic heterocycles. The number of pyridine rings is 1. The SMILES string of the molecule is CC(C)CN(C(=O)c1cc(-c2ccccc2)nc2c1cnn2C(C)C)C(C)C. The van der Waals surface area contributed by atoms with Gasteiger partial charge in [0.15, 0.2) is 5.65 Å². The van der Waals surface area contributed by atoms with E-state index in [4.69, 9.17) is 4.98 Å². The predicted molar refractivity (Wildman–Crippen MR) is 114 cm³/mol. The van der Waals surface area contributed by atoms with Crippen LogP contribution in [0.5, 0.6) is 0 Å². The number of amides is 1. The van der Waals surface area contributed by atoms with Crippen molar-refractivity contribution in [2.45, 2.75) is 53.6 Å². The molecule has 5 nitrogen and oxygen atoms in total. The molecule has 0 spiro atoms. The topological polar surface area (TPSA) is 51.0 Å². The van der Waals surface area contributed by atoms with Crippen LogP contribution in [-0.4, -0.2) is 38.2 Å². The van der Waals surface area contributed by atoms with Gasteiger partial charge in [-0.05, 0) is 39.7 Å². The Hall–Kier alpha value is -2.69. The van der Waals surface area contributed by atoms with Crippen molar-refractivity contribution < 1.29 is 4.79 Å². The lowest BCUT2D eigenvalue weighted by Crippen LogP contribution is -2.39. The van der Waals surface area contributed by atoms with Crippen LogP contribution >= 0.6 is 0 Å². The average molecular weight is 379 g/mol. The van der Waals surface area contributed by atoms with E-state index in [0.717, 1.165) is 28.8 Å². The molecule has 0 saturated carbocycles. The first-order valence-electron chi connectivity index (χ1n) is 10.0. The van der Waals surface area contributed by atoms with Crippen LogP contribution in [0.1, 0.15) is 57.9 Å². The van der Waals surface area contributed by atoms with E-state index in [-0.39, 0.29) is 18.0 Å². The summed E-state index contributed by atoms with van der Waals surface area (Å²) in [5.74, 6) is 0.437. The van der Waals surface area contributed by atoms with Gasteiger partial charge in [-0.25, -0.2) is 9.67 Å². The monoisotopic (exact) mass is 378 g/mol. The summed E-state index contributed by atoms with van der Waals surface area (Å²) in [5.41, 5.74) is 3.22. The summed E-state index contributed by atoms with van der Waals surface area (Å²) in [6.07, 6.45) is 1.78. The number of fused-ring (bicyclic) bond motifs is 1. The van der Waals surface area contributed by atoms with Crippen LogP contribution in [0.4, 0.5) is 0 Å². The normalized spacial score (nSPS) is 11.8. The molecule has 0 aliphatic rings.